The number of nitrogens with zero attached hydrogens (tertiary/aromatic N) is 2. The summed E-state index contributed by atoms with van der Waals surface area (Å²) in [4.78, 5) is 16.9. The van der Waals surface area contributed by atoms with E-state index in [4.69, 9.17) is 10.5 Å². The molecule has 15 heavy (non-hydrogen) atoms. The average Bonchev–Trinajstić information content (AvgIpc) is 2.19. The Hall–Kier alpha value is -1.14. The maximum absolute atomic E-state index is 11.5. The fourth-order valence-corrected chi connectivity index (χ4v) is 1.45. The second kappa shape index (κ2) is 4.16. The number of hydrogen-bond donors (Lipinski definition) is 1. The minimum Gasteiger partial charge on any atom is -0.409 e. The summed E-state index contributed by atoms with van der Waals surface area (Å²) < 4.78 is 5.76. The molecule has 2 rings (SSSR count). The highest BCUT2D eigenvalue weighted by Crippen LogP contribution is 2.17. The quantitative estimate of drug-likeness (QED) is 0.783. The fourth-order valence-electron chi connectivity index (χ4n) is 1.22. The number of carbonyl (C=O) groups excluding carboxylic acids is 1. The third kappa shape index (κ3) is 2.27. The Labute approximate surface area is 95.3 Å². The molecule has 0 aliphatic carbocycles. The number of likely N-dealkylation sites (tertiary alicyclic amines) is 1. The summed E-state index contributed by atoms with van der Waals surface area (Å²) in [6.45, 7) is 0.657. The summed E-state index contributed by atoms with van der Waals surface area (Å²) in [6.07, 6.45) is 1.68. The van der Waals surface area contributed by atoms with E-state index in [1.807, 2.05) is 0 Å². The molecule has 6 heteroatoms. The van der Waals surface area contributed by atoms with Crippen molar-refractivity contribution >= 4 is 22.0 Å². The Morgan fingerprint density at radius 2 is 2.47 bits per heavy atom. The predicted molar refractivity (Wildman–Crippen MR) is 57.3 cm³/mol. The van der Waals surface area contributed by atoms with E-state index in [1.54, 1.807) is 12.1 Å². The lowest BCUT2D eigenvalue weighted by atomic mass is 10.2. The summed E-state index contributed by atoms with van der Waals surface area (Å²) in [5, 5.41) is 0. The van der Waals surface area contributed by atoms with Crippen LogP contribution in [-0.4, -0.2) is 28.7 Å². The Kier molecular flexibility index (Phi) is 2.88. The van der Waals surface area contributed by atoms with Crippen molar-refractivity contribution in [3.8, 4) is 5.75 Å². The van der Waals surface area contributed by atoms with Crippen LogP contribution in [0.1, 0.15) is 6.42 Å². The molecule has 1 amide bonds. The van der Waals surface area contributed by atoms with Crippen LogP contribution < -0.4 is 10.5 Å². The molecule has 0 radical (unpaired) electrons. The molecule has 2 heterocycles. The third-order valence-corrected chi connectivity index (χ3v) is 2.68. The lowest BCUT2D eigenvalue weighted by Gasteiger charge is -2.36. The first-order valence-electron chi connectivity index (χ1n) is 4.52. The highest BCUT2D eigenvalue weighted by molar-refractivity contribution is 9.10. The largest absolute Gasteiger partial charge is 0.416 e. The zero-order valence-electron chi connectivity index (χ0n) is 7.89. The first-order chi connectivity index (χ1) is 7.16. The number of rotatable bonds is 1. The van der Waals surface area contributed by atoms with E-state index in [1.165, 1.54) is 11.1 Å². The number of aromatic nitrogens is 1. The maximum Gasteiger partial charge on any atom is 0.416 e. The van der Waals surface area contributed by atoms with Crippen molar-refractivity contribution in [3.63, 3.8) is 0 Å². The van der Waals surface area contributed by atoms with E-state index < -0.39 is 6.09 Å². The Morgan fingerprint density at radius 3 is 2.93 bits per heavy atom. The highest BCUT2D eigenvalue weighted by atomic mass is 79.9. The van der Waals surface area contributed by atoms with Gasteiger partial charge in [0.25, 0.3) is 0 Å². The smallest absolute Gasteiger partial charge is 0.409 e. The van der Waals surface area contributed by atoms with E-state index in [-0.39, 0.29) is 6.17 Å². The Morgan fingerprint density at radius 1 is 1.67 bits per heavy atom. The number of hydrogen-bond acceptors (Lipinski definition) is 4. The fraction of sp³-hybridized carbons (Fsp3) is 0.333. The standard InChI is InChI=1S/C9H10BrN3O2/c10-7-2-1-6(5-12-7)15-9(14)13-4-3-8(13)11/h1-2,5,8H,3-4,11H2. The summed E-state index contributed by atoms with van der Waals surface area (Å²) in [5.74, 6) is 0.419. The van der Waals surface area contributed by atoms with E-state index in [2.05, 4.69) is 20.9 Å². The molecular formula is C9H10BrN3O2. The highest BCUT2D eigenvalue weighted by Gasteiger charge is 2.30. The second-order valence-electron chi connectivity index (χ2n) is 3.23. The monoisotopic (exact) mass is 271 g/mol. The van der Waals surface area contributed by atoms with Crippen LogP contribution in [0, 0.1) is 0 Å². The molecule has 1 saturated heterocycles. The molecule has 0 aromatic carbocycles. The van der Waals surface area contributed by atoms with Crippen LogP contribution in [0.2, 0.25) is 0 Å². The number of ether oxygens (including phenoxy) is 1. The minimum absolute atomic E-state index is 0.207. The van der Waals surface area contributed by atoms with Crippen LogP contribution in [0.15, 0.2) is 22.9 Å². The molecule has 1 aliphatic rings. The summed E-state index contributed by atoms with van der Waals surface area (Å²) >= 11 is 3.19. The molecule has 0 bridgehead atoms. The summed E-state index contributed by atoms with van der Waals surface area (Å²) in [6, 6.07) is 3.37. The topological polar surface area (TPSA) is 68.5 Å². The number of nitrogens with two attached hydrogens (primary N) is 1. The molecule has 1 unspecified atom stereocenters. The van der Waals surface area contributed by atoms with Crippen LogP contribution in [0.3, 0.4) is 0 Å². The zero-order chi connectivity index (χ0) is 10.8. The molecule has 1 aromatic heterocycles. The van der Waals surface area contributed by atoms with Crippen molar-refractivity contribution in [1.82, 2.24) is 9.88 Å². The lowest BCUT2D eigenvalue weighted by molar-refractivity contribution is 0.0841. The van der Waals surface area contributed by atoms with Gasteiger partial charge in [0.05, 0.1) is 12.4 Å². The molecule has 0 spiro atoms. The van der Waals surface area contributed by atoms with Gasteiger partial charge in [-0.3, -0.25) is 4.90 Å². The van der Waals surface area contributed by atoms with Gasteiger partial charge in [0, 0.05) is 6.54 Å². The molecule has 1 aromatic rings. The van der Waals surface area contributed by atoms with Gasteiger partial charge in [-0.1, -0.05) is 0 Å². The van der Waals surface area contributed by atoms with E-state index in [0.717, 1.165) is 6.42 Å². The van der Waals surface area contributed by atoms with Crippen LogP contribution in [-0.2, 0) is 0 Å². The summed E-state index contributed by atoms with van der Waals surface area (Å²) in [5.41, 5.74) is 5.60. The van der Waals surface area contributed by atoms with Gasteiger partial charge in [0.2, 0.25) is 0 Å². The van der Waals surface area contributed by atoms with Gasteiger partial charge in [-0.2, -0.15) is 0 Å². The van der Waals surface area contributed by atoms with Crippen molar-refractivity contribution in [2.24, 2.45) is 5.73 Å². The normalized spacial score (nSPS) is 19.6. The van der Waals surface area contributed by atoms with Gasteiger partial charge in [0.1, 0.15) is 4.60 Å². The van der Waals surface area contributed by atoms with E-state index in [0.29, 0.717) is 16.9 Å². The summed E-state index contributed by atoms with van der Waals surface area (Å²) in [7, 11) is 0. The lowest BCUT2D eigenvalue weighted by Crippen LogP contribution is -2.56. The van der Waals surface area contributed by atoms with Crippen LogP contribution in [0.5, 0.6) is 5.75 Å². The molecule has 5 nitrogen and oxygen atoms in total. The molecule has 1 atom stereocenters. The second-order valence-corrected chi connectivity index (χ2v) is 4.05. The Bertz CT molecular complexity index is 368. The van der Waals surface area contributed by atoms with Gasteiger partial charge in [-0.05, 0) is 34.5 Å². The first kappa shape index (κ1) is 10.4. The Balaban J connectivity index is 1.96. The average molecular weight is 272 g/mol. The molecule has 1 fully saturated rings. The first-order valence-corrected chi connectivity index (χ1v) is 5.32. The van der Waals surface area contributed by atoms with E-state index >= 15 is 0 Å². The van der Waals surface area contributed by atoms with Gasteiger partial charge in [-0.15, -0.1) is 0 Å². The number of amides is 1. The van der Waals surface area contributed by atoms with Crippen molar-refractivity contribution in [2.45, 2.75) is 12.6 Å². The predicted octanol–water partition coefficient (Wildman–Crippen LogP) is 1.33. The minimum atomic E-state index is -0.419. The molecule has 80 valence electrons. The molecular weight excluding hydrogens is 262 g/mol. The van der Waals surface area contributed by atoms with Crippen molar-refractivity contribution < 1.29 is 9.53 Å². The molecule has 2 N–H and O–H groups in total. The van der Waals surface area contributed by atoms with Gasteiger partial charge in [0.15, 0.2) is 5.75 Å². The van der Waals surface area contributed by atoms with Crippen LogP contribution in [0.4, 0.5) is 4.79 Å². The van der Waals surface area contributed by atoms with E-state index in [9.17, 15) is 4.79 Å². The number of halogens is 1. The maximum atomic E-state index is 11.5. The van der Waals surface area contributed by atoms with Crippen molar-refractivity contribution in [3.05, 3.63) is 22.9 Å². The molecule has 0 saturated carbocycles. The van der Waals surface area contributed by atoms with Crippen LogP contribution >= 0.6 is 15.9 Å². The van der Waals surface area contributed by atoms with Crippen LogP contribution in [0.25, 0.3) is 0 Å². The zero-order valence-corrected chi connectivity index (χ0v) is 9.48. The van der Waals surface area contributed by atoms with Gasteiger partial charge >= 0.3 is 6.09 Å². The van der Waals surface area contributed by atoms with Gasteiger partial charge in [-0.25, -0.2) is 9.78 Å². The van der Waals surface area contributed by atoms with Gasteiger partial charge < -0.3 is 10.5 Å². The van der Waals surface area contributed by atoms with Crippen molar-refractivity contribution in [2.75, 3.05) is 6.54 Å². The SMILES string of the molecule is NC1CCN1C(=O)Oc1ccc(Br)nc1. The number of pyridine rings is 1. The molecule has 1 aliphatic heterocycles. The third-order valence-electron chi connectivity index (χ3n) is 2.21. The van der Waals surface area contributed by atoms with Crippen molar-refractivity contribution in [1.29, 1.82) is 0 Å². The number of carbonyl (C=O) groups is 1.